The Balaban J connectivity index is 2.19. The smallest absolute Gasteiger partial charge is 0.161 e. The average molecular weight is 293 g/mol. The van der Waals surface area contributed by atoms with Crippen LogP contribution in [0.2, 0.25) is 0 Å². The molecular formula is C17H27NO3. The summed E-state index contributed by atoms with van der Waals surface area (Å²) in [7, 11) is 0. The molecule has 1 aromatic rings. The van der Waals surface area contributed by atoms with Gasteiger partial charge in [0.2, 0.25) is 0 Å². The Morgan fingerprint density at radius 2 is 2.00 bits per heavy atom. The van der Waals surface area contributed by atoms with Crippen LogP contribution < -0.4 is 5.73 Å². The Bertz CT molecular complexity index is 438. The fourth-order valence-electron chi connectivity index (χ4n) is 3.00. The van der Waals surface area contributed by atoms with Crippen molar-refractivity contribution in [3.05, 3.63) is 35.4 Å². The van der Waals surface area contributed by atoms with Crippen LogP contribution in [0.25, 0.3) is 0 Å². The number of aliphatic hydroxyl groups is 1. The number of ether oxygens (including phenoxy) is 2. The number of hydrogen-bond acceptors (Lipinski definition) is 4. The maximum Gasteiger partial charge on any atom is 0.161 e. The topological polar surface area (TPSA) is 64.7 Å². The predicted molar refractivity (Wildman–Crippen MR) is 83.0 cm³/mol. The van der Waals surface area contributed by atoms with Gasteiger partial charge in [0, 0.05) is 19.1 Å². The van der Waals surface area contributed by atoms with E-state index in [0.717, 1.165) is 24.2 Å². The van der Waals surface area contributed by atoms with E-state index >= 15 is 0 Å². The van der Waals surface area contributed by atoms with E-state index < -0.39 is 6.29 Å². The molecule has 118 valence electrons. The largest absolute Gasteiger partial charge is 0.379 e. The number of hydrogen-bond donors (Lipinski definition) is 2. The molecule has 3 N–H and O–H groups in total. The minimum atomic E-state index is -0.775. The van der Waals surface area contributed by atoms with Gasteiger partial charge < -0.3 is 20.3 Å². The van der Waals surface area contributed by atoms with Crippen molar-refractivity contribution < 1.29 is 14.6 Å². The molecule has 2 rings (SSSR count). The minimum Gasteiger partial charge on any atom is -0.379 e. The van der Waals surface area contributed by atoms with Gasteiger partial charge in [0.1, 0.15) is 0 Å². The second-order valence-corrected chi connectivity index (χ2v) is 6.20. The summed E-state index contributed by atoms with van der Waals surface area (Å²) in [5.74, 6) is 0.256. The van der Waals surface area contributed by atoms with Crippen LogP contribution >= 0.6 is 0 Å². The lowest BCUT2D eigenvalue weighted by Gasteiger charge is -2.28. The number of nitrogens with two attached hydrogens (primary N) is 1. The maximum absolute atomic E-state index is 10.2. The van der Waals surface area contributed by atoms with Crippen LogP contribution in [0.15, 0.2) is 24.3 Å². The second kappa shape index (κ2) is 6.88. The maximum atomic E-state index is 10.2. The fourth-order valence-corrected chi connectivity index (χ4v) is 3.00. The number of aliphatic hydroxyl groups excluding tert-OH is 1. The molecule has 0 saturated carbocycles. The molecule has 0 radical (unpaired) electrons. The number of benzene rings is 1. The zero-order chi connectivity index (χ0) is 15.5. The van der Waals surface area contributed by atoms with Crippen molar-refractivity contribution in [1.29, 1.82) is 0 Å². The van der Waals surface area contributed by atoms with Gasteiger partial charge in [-0.25, -0.2) is 0 Å². The number of rotatable bonds is 6. The highest BCUT2D eigenvalue weighted by atomic mass is 16.6. The van der Waals surface area contributed by atoms with Crippen LogP contribution in [0.1, 0.15) is 44.2 Å². The molecule has 0 aromatic heterocycles. The SMILES string of the molecule is CCOC(O)C(c1ccc(C2(N)CCOC2)cc1)C(C)C. The Morgan fingerprint density at radius 1 is 1.33 bits per heavy atom. The second-order valence-electron chi connectivity index (χ2n) is 6.20. The van der Waals surface area contributed by atoms with Gasteiger partial charge >= 0.3 is 0 Å². The summed E-state index contributed by atoms with van der Waals surface area (Å²) in [6.07, 6.45) is 0.0733. The van der Waals surface area contributed by atoms with Crippen molar-refractivity contribution in [2.24, 2.45) is 11.7 Å². The van der Waals surface area contributed by atoms with Crippen LogP contribution in [-0.4, -0.2) is 31.2 Å². The highest BCUT2D eigenvalue weighted by Gasteiger charge is 2.33. The first-order chi connectivity index (χ1) is 9.98. The van der Waals surface area contributed by atoms with E-state index in [4.69, 9.17) is 15.2 Å². The minimum absolute atomic E-state index is 0.0347. The van der Waals surface area contributed by atoms with E-state index in [1.54, 1.807) is 0 Å². The van der Waals surface area contributed by atoms with E-state index in [-0.39, 0.29) is 11.5 Å². The molecule has 4 nitrogen and oxygen atoms in total. The lowest BCUT2D eigenvalue weighted by atomic mass is 9.84. The van der Waals surface area contributed by atoms with E-state index in [2.05, 4.69) is 38.1 Å². The third kappa shape index (κ3) is 3.64. The van der Waals surface area contributed by atoms with Gasteiger partial charge in [-0.1, -0.05) is 38.1 Å². The third-order valence-electron chi connectivity index (χ3n) is 4.29. The molecule has 3 atom stereocenters. The molecule has 1 aromatic carbocycles. The Hall–Kier alpha value is -0.940. The Kier molecular flexibility index (Phi) is 5.38. The van der Waals surface area contributed by atoms with Crippen LogP contribution in [0.3, 0.4) is 0 Å². The molecule has 4 heteroatoms. The Labute approximate surface area is 127 Å². The highest BCUT2D eigenvalue weighted by Crippen LogP contribution is 2.32. The first-order valence-electron chi connectivity index (χ1n) is 7.74. The summed E-state index contributed by atoms with van der Waals surface area (Å²) < 4.78 is 10.8. The van der Waals surface area contributed by atoms with Gasteiger partial charge in [0.25, 0.3) is 0 Å². The molecule has 1 saturated heterocycles. The molecule has 3 unspecified atom stereocenters. The van der Waals surface area contributed by atoms with Crippen LogP contribution in [0.4, 0.5) is 0 Å². The molecule has 1 heterocycles. The third-order valence-corrected chi connectivity index (χ3v) is 4.29. The zero-order valence-electron chi connectivity index (χ0n) is 13.2. The quantitative estimate of drug-likeness (QED) is 0.790. The van der Waals surface area contributed by atoms with Crippen molar-refractivity contribution in [3.63, 3.8) is 0 Å². The lowest BCUT2D eigenvalue weighted by molar-refractivity contribution is -0.118. The van der Waals surface area contributed by atoms with Crippen LogP contribution in [0, 0.1) is 5.92 Å². The van der Waals surface area contributed by atoms with Gasteiger partial charge in [-0.3, -0.25) is 0 Å². The van der Waals surface area contributed by atoms with Gasteiger partial charge in [-0.2, -0.15) is 0 Å². The van der Waals surface area contributed by atoms with E-state index in [0.29, 0.717) is 19.1 Å². The van der Waals surface area contributed by atoms with Crippen molar-refractivity contribution in [3.8, 4) is 0 Å². The van der Waals surface area contributed by atoms with Gasteiger partial charge in [0.05, 0.1) is 12.1 Å². The lowest BCUT2D eigenvalue weighted by Crippen LogP contribution is -2.37. The standard InChI is InChI=1S/C17H27NO3/c1-4-21-16(19)15(12(2)3)13-5-7-14(8-6-13)17(18)9-10-20-11-17/h5-8,12,15-16,19H,4,9-11,18H2,1-3H3. The van der Waals surface area contributed by atoms with Crippen molar-refractivity contribution in [2.45, 2.75) is 44.9 Å². The van der Waals surface area contributed by atoms with Gasteiger partial charge in [-0.05, 0) is 30.4 Å². The highest BCUT2D eigenvalue weighted by molar-refractivity contribution is 5.31. The summed E-state index contributed by atoms with van der Waals surface area (Å²) >= 11 is 0. The summed E-state index contributed by atoms with van der Waals surface area (Å²) in [6, 6.07) is 8.21. The van der Waals surface area contributed by atoms with Crippen LogP contribution in [-0.2, 0) is 15.0 Å². The molecule has 21 heavy (non-hydrogen) atoms. The van der Waals surface area contributed by atoms with Crippen LogP contribution in [0.5, 0.6) is 0 Å². The fraction of sp³-hybridized carbons (Fsp3) is 0.647. The molecule has 1 aliphatic heterocycles. The van der Waals surface area contributed by atoms with Crippen molar-refractivity contribution >= 4 is 0 Å². The molecule has 1 aliphatic rings. The van der Waals surface area contributed by atoms with E-state index in [9.17, 15) is 5.11 Å². The molecule has 0 amide bonds. The van der Waals surface area contributed by atoms with Crippen molar-refractivity contribution in [1.82, 2.24) is 0 Å². The first kappa shape index (κ1) is 16.4. The van der Waals surface area contributed by atoms with Gasteiger partial charge in [0.15, 0.2) is 6.29 Å². The van der Waals surface area contributed by atoms with Crippen molar-refractivity contribution in [2.75, 3.05) is 19.8 Å². The monoisotopic (exact) mass is 293 g/mol. The Morgan fingerprint density at radius 3 is 2.48 bits per heavy atom. The predicted octanol–water partition coefficient (Wildman–Crippen LogP) is 2.36. The summed E-state index contributed by atoms with van der Waals surface area (Å²) in [4.78, 5) is 0. The zero-order valence-corrected chi connectivity index (χ0v) is 13.2. The first-order valence-corrected chi connectivity index (χ1v) is 7.74. The molecule has 0 bridgehead atoms. The van der Waals surface area contributed by atoms with E-state index in [1.807, 2.05) is 6.92 Å². The normalized spacial score (nSPS) is 25.2. The molecule has 0 spiro atoms. The van der Waals surface area contributed by atoms with E-state index in [1.165, 1.54) is 0 Å². The summed E-state index contributed by atoms with van der Waals surface area (Å²) in [6.45, 7) is 7.87. The molecule has 0 aliphatic carbocycles. The summed E-state index contributed by atoms with van der Waals surface area (Å²) in [5, 5.41) is 10.2. The van der Waals surface area contributed by atoms with Gasteiger partial charge in [-0.15, -0.1) is 0 Å². The average Bonchev–Trinajstić information content (AvgIpc) is 2.88. The molecular weight excluding hydrogens is 266 g/mol. The summed E-state index contributed by atoms with van der Waals surface area (Å²) in [5.41, 5.74) is 8.18. The molecule has 1 fully saturated rings.